The van der Waals surface area contributed by atoms with Gasteiger partial charge < -0.3 is 9.47 Å². The Labute approximate surface area is 98.6 Å². The fourth-order valence-corrected chi connectivity index (χ4v) is 3.39. The number of nitrogens with zero attached hydrogens (tertiary/aromatic N) is 2. The van der Waals surface area contributed by atoms with Gasteiger partial charge in [-0.15, -0.1) is 0 Å². The summed E-state index contributed by atoms with van der Waals surface area (Å²) in [7, 11) is 0. The van der Waals surface area contributed by atoms with E-state index in [-0.39, 0.29) is 17.9 Å². The number of hydrogen-bond acceptors (Lipinski definition) is 5. The minimum atomic E-state index is -1.25. The molecule has 2 heterocycles. The molecular formula is C11H13N4O2+. The first-order valence-electron chi connectivity index (χ1n) is 5.56. The Balaban J connectivity index is 2.18. The van der Waals surface area contributed by atoms with Crippen molar-refractivity contribution in [3.63, 3.8) is 0 Å². The zero-order chi connectivity index (χ0) is 12.5. The molecule has 0 bridgehead atoms. The van der Waals surface area contributed by atoms with E-state index in [1.807, 2.05) is 13.8 Å². The van der Waals surface area contributed by atoms with Crippen molar-refractivity contribution >= 4 is 5.84 Å². The van der Waals surface area contributed by atoms with E-state index in [1.54, 1.807) is 0 Å². The van der Waals surface area contributed by atoms with Crippen LogP contribution in [-0.2, 0) is 9.47 Å². The van der Waals surface area contributed by atoms with Crippen LogP contribution >= 0.6 is 0 Å². The summed E-state index contributed by atoms with van der Waals surface area (Å²) in [6, 6.07) is 4.37. The first kappa shape index (κ1) is 10.5. The monoisotopic (exact) mass is 233 g/mol. The van der Waals surface area contributed by atoms with Crippen LogP contribution in [0.15, 0.2) is 0 Å². The topological polar surface area (TPSA) is 106 Å². The Hall–Kier alpha value is -1.63. The van der Waals surface area contributed by atoms with Gasteiger partial charge in [0.25, 0.3) is 5.84 Å². The summed E-state index contributed by atoms with van der Waals surface area (Å²) in [5.74, 6) is -1.17. The van der Waals surface area contributed by atoms with Crippen LogP contribution in [0.5, 0.6) is 0 Å². The molecular weight excluding hydrogens is 220 g/mol. The van der Waals surface area contributed by atoms with Crippen molar-refractivity contribution in [2.24, 2.45) is 22.5 Å². The molecule has 0 amide bonds. The molecule has 88 valence electrons. The van der Waals surface area contributed by atoms with Crippen molar-refractivity contribution < 1.29 is 14.5 Å². The SMILES string of the molecule is C[C@H]1CO[C@@]2([NH+]=C(N)[C@@]3(C#N)[C@@H](C)[C@@]23C#N)O1. The van der Waals surface area contributed by atoms with Gasteiger partial charge >= 0.3 is 5.91 Å². The second kappa shape index (κ2) is 2.61. The maximum atomic E-state index is 9.49. The van der Waals surface area contributed by atoms with Crippen molar-refractivity contribution in [1.29, 1.82) is 10.5 Å². The molecule has 1 saturated heterocycles. The highest BCUT2D eigenvalue weighted by Crippen LogP contribution is 2.74. The summed E-state index contributed by atoms with van der Waals surface area (Å²) in [6.45, 7) is 4.08. The van der Waals surface area contributed by atoms with E-state index < -0.39 is 16.7 Å². The summed E-state index contributed by atoms with van der Waals surface area (Å²) in [6.07, 6.45) is -0.122. The zero-order valence-corrected chi connectivity index (χ0v) is 9.65. The van der Waals surface area contributed by atoms with E-state index in [0.29, 0.717) is 6.61 Å². The second-order valence-electron chi connectivity index (χ2n) is 4.96. The van der Waals surface area contributed by atoms with E-state index in [4.69, 9.17) is 15.2 Å². The second-order valence-corrected chi connectivity index (χ2v) is 4.96. The van der Waals surface area contributed by atoms with Crippen LogP contribution in [0.25, 0.3) is 0 Å². The molecule has 6 nitrogen and oxygen atoms in total. The number of amidine groups is 1. The quantitative estimate of drug-likeness (QED) is 0.513. The average Bonchev–Trinajstić information content (AvgIpc) is 2.54. The van der Waals surface area contributed by atoms with Gasteiger partial charge in [-0.25, -0.2) is 4.99 Å². The molecule has 0 aromatic heterocycles. The van der Waals surface area contributed by atoms with Gasteiger partial charge in [0.1, 0.15) is 0 Å². The van der Waals surface area contributed by atoms with Gasteiger partial charge in [0.2, 0.25) is 0 Å². The number of nitrogens with two attached hydrogens (primary N) is 1. The lowest BCUT2D eigenvalue weighted by atomic mass is 9.94. The molecule has 17 heavy (non-hydrogen) atoms. The smallest absolute Gasteiger partial charge is 0.311 e. The predicted octanol–water partition coefficient (Wildman–Crippen LogP) is -1.80. The highest BCUT2D eigenvalue weighted by molar-refractivity contribution is 5.93. The first-order chi connectivity index (χ1) is 8.00. The Morgan fingerprint density at radius 1 is 1.41 bits per heavy atom. The van der Waals surface area contributed by atoms with Gasteiger partial charge in [0.05, 0.1) is 24.8 Å². The Morgan fingerprint density at radius 3 is 2.53 bits per heavy atom. The molecule has 1 spiro atoms. The molecule has 0 unspecified atom stereocenters. The summed E-state index contributed by atoms with van der Waals surface area (Å²) in [5.41, 5.74) is 3.86. The Kier molecular flexibility index (Phi) is 1.62. The molecule has 3 rings (SSSR count). The fourth-order valence-electron chi connectivity index (χ4n) is 3.39. The number of rotatable bonds is 0. The van der Waals surface area contributed by atoms with Gasteiger partial charge in [-0.3, -0.25) is 5.73 Å². The number of nitriles is 2. The summed E-state index contributed by atoms with van der Waals surface area (Å²) in [4.78, 5) is 2.88. The summed E-state index contributed by atoms with van der Waals surface area (Å²) >= 11 is 0. The van der Waals surface area contributed by atoms with Gasteiger partial charge in [-0.05, 0) is 6.92 Å². The molecule has 3 aliphatic rings. The van der Waals surface area contributed by atoms with Gasteiger partial charge in [-0.1, -0.05) is 6.92 Å². The molecule has 1 aliphatic carbocycles. The fraction of sp³-hybridized carbons (Fsp3) is 0.727. The normalized spacial score (nSPS) is 54.9. The van der Waals surface area contributed by atoms with E-state index in [2.05, 4.69) is 17.1 Å². The maximum absolute atomic E-state index is 9.49. The van der Waals surface area contributed by atoms with E-state index >= 15 is 0 Å². The average molecular weight is 233 g/mol. The molecule has 2 aliphatic heterocycles. The first-order valence-corrected chi connectivity index (χ1v) is 5.56. The highest BCUT2D eigenvalue weighted by atomic mass is 16.8. The van der Waals surface area contributed by atoms with Crippen LogP contribution in [0.2, 0.25) is 0 Å². The Bertz CT molecular complexity index is 519. The molecule has 1 saturated carbocycles. The third-order valence-corrected chi connectivity index (χ3v) is 4.32. The largest absolute Gasteiger partial charge is 0.343 e. The molecule has 0 aromatic rings. The molecule has 3 N–H and O–H groups in total. The standard InChI is InChI=1S/C11H12N4O2/c1-6-3-16-11(17-6)10(5-13)7(2)9(10,4-12)8(14)15-11/h6-7H,3H2,1-2H3,(H2,14,15)/p+1/t6-,7+,9+,10+,11+/m0/s1. The Morgan fingerprint density at radius 2 is 2.12 bits per heavy atom. The van der Waals surface area contributed by atoms with Crippen molar-refractivity contribution in [1.82, 2.24) is 0 Å². The number of nitrogens with one attached hydrogen (secondary N) is 1. The van der Waals surface area contributed by atoms with E-state index in [0.717, 1.165) is 0 Å². The third kappa shape index (κ3) is 0.744. The van der Waals surface area contributed by atoms with Crippen molar-refractivity contribution in [2.75, 3.05) is 6.61 Å². The zero-order valence-electron chi connectivity index (χ0n) is 9.65. The molecule has 0 radical (unpaired) electrons. The maximum Gasteiger partial charge on any atom is 0.343 e. The highest BCUT2D eigenvalue weighted by Gasteiger charge is 2.96. The van der Waals surface area contributed by atoms with Crippen molar-refractivity contribution in [2.45, 2.75) is 25.9 Å². The van der Waals surface area contributed by atoms with Gasteiger partial charge in [-0.2, -0.15) is 10.5 Å². The van der Waals surface area contributed by atoms with E-state index in [9.17, 15) is 10.5 Å². The minimum Gasteiger partial charge on any atom is -0.311 e. The van der Waals surface area contributed by atoms with Crippen LogP contribution in [-0.4, -0.2) is 24.5 Å². The number of ether oxygens (including phenoxy) is 2. The molecule has 5 atom stereocenters. The number of hydrogen-bond donors (Lipinski definition) is 2. The van der Waals surface area contributed by atoms with Crippen LogP contribution in [0.4, 0.5) is 0 Å². The third-order valence-electron chi connectivity index (χ3n) is 4.32. The molecule has 6 heteroatoms. The van der Waals surface area contributed by atoms with E-state index in [1.165, 1.54) is 0 Å². The van der Waals surface area contributed by atoms with Crippen molar-refractivity contribution in [3.8, 4) is 12.1 Å². The lowest BCUT2D eigenvalue weighted by molar-refractivity contribution is -0.678. The summed E-state index contributed by atoms with van der Waals surface area (Å²) < 4.78 is 11.3. The van der Waals surface area contributed by atoms with Crippen molar-refractivity contribution in [3.05, 3.63) is 0 Å². The predicted molar refractivity (Wildman–Crippen MR) is 54.6 cm³/mol. The van der Waals surface area contributed by atoms with Gasteiger partial charge in [0, 0.05) is 5.92 Å². The minimum absolute atomic E-state index is 0.122. The lowest BCUT2D eigenvalue weighted by Gasteiger charge is -2.23. The number of fused-ring (bicyclic) bond motifs is 2. The van der Waals surface area contributed by atoms with Crippen LogP contribution in [0.3, 0.4) is 0 Å². The van der Waals surface area contributed by atoms with Gasteiger partial charge in [0.15, 0.2) is 10.8 Å². The summed E-state index contributed by atoms with van der Waals surface area (Å²) in [5, 5.41) is 18.9. The lowest BCUT2D eigenvalue weighted by Crippen LogP contribution is -2.90. The molecule has 2 fully saturated rings. The molecule has 0 aromatic carbocycles. The van der Waals surface area contributed by atoms with Crippen LogP contribution in [0.1, 0.15) is 13.8 Å². The van der Waals surface area contributed by atoms with Crippen LogP contribution < -0.4 is 10.7 Å². The van der Waals surface area contributed by atoms with Crippen LogP contribution in [0, 0.1) is 39.4 Å².